The summed E-state index contributed by atoms with van der Waals surface area (Å²) in [5.74, 6) is 1.55. The molecule has 8 rings (SSSR count). The number of ether oxygens (including phenoxy) is 3. The second kappa shape index (κ2) is 11.7. The molecule has 2 saturated heterocycles. The van der Waals surface area contributed by atoms with Gasteiger partial charge in [0.05, 0.1) is 25.4 Å². The largest absolute Gasteiger partial charge is 0.389 e. The fourth-order valence-electron chi connectivity index (χ4n) is 13.1. The van der Waals surface area contributed by atoms with Gasteiger partial charge in [0.2, 0.25) is 5.91 Å². The quantitative estimate of drug-likeness (QED) is 0.346. The van der Waals surface area contributed by atoms with Crippen molar-refractivity contribution in [3.63, 3.8) is 0 Å². The van der Waals surface area contributed by atoms with Crippen LogP contribution >= 0.6 is 0 Å². The van der Waals surface area contributed by atoms with Crippen LogP contribution in [0.4, 0.5) is 8.78 Å². The lowest BCUT2D eigenvalue weighted by Gasteiger charge is -2.63. The zero-order valence-corrected chi connectivity index (χ0v) is 30.2. The molecule has 10 atom stereocenters. The third-order valence-corrected chi connectivity index (χ3v) is 15.4. The molecule has 5 aliphatic carbocycles. The SMILES string of the molecule is CC(=O)N1CCO[C@@H](OC2CC[C@]34C[C@]35CC[C@]3(C)[C@@H]6[C](O[C](CNCc7cc(F)cc(F)c7)C[C@H]6C)[C@H](O)[C@@]3(C)[C]5CC[C@H]4C2(C)C)C1. The first-order valence-electron chi connectivity index (χ1n) is 18.8. The number of carbonyl (C=O) groups is 1. The minimum absolute atomic E-state index is 0.0282. The number of carbonyl (C=O) groups excluding carboxylic acids is 1. The van der Waals surface area contributed by atoms with Crippen LogP contribution in [-0.2, 0) is 25.5 Å². The summed E-state index contributed by atoms with van der Waals surface area (Å²) in [5, 5.41) is 15.8. The minimum atomic E-state index is -0.667. The first-order chi connectivity index (χ1) is 23.2. The van der Waals surface area contributed by atoms with Crippen LogP contribution in [0, 0.1) is 74.6 Å². The molecule has 0 aromatic heterocycles. The number of benzene rings is 1. The average molecular weight is 682 g/mol. The number of aliphatic hydroxyl groups is 1. The van der Waals surface area contributed by atoms with E-state index in [1.807, 2.05) is 4.90 Å². The van der Waals surface area contributed by atoms with Crippen molar-refractivity contribution in [2.75, 3.05) is 26.2 Å². The predicted molar refractivity (Wildman–Crippen MR) is 180 cm³/mol. The minimum Gasteiger partial charge on any atom is -0.389 e. The number of morpholine rings is 1. The molecule has 269 valence electrons. The Morgan fingerprint density at radius 2 is 1.84 bits per heavy atom. The van der Waals surface area contributed by atoms with E-state index in [-0.39, 0.29) is 51.3 Å². The van der Waals surface area contributed by atoms with Gasteiger partial charge in [-0.15, -0.1) is 0 Å². The first kappa shape index (κ1) is 34.4. The molecule has 1 aromatic rings. The Labute approximate surface area is 291 Å². The smallest absolute Gasteiger partial charge is 0.219 e. The Balaban J connectivity index is 0.980. The summed E-state index contributed by atoms with van der Waals surface area (Å²) in [5.41, 5.74) is 0.480. The zero-order valence-electron chi connectivity index (χ0n) is 30.2. The van der Waals surface area contributed by atoms with Crippen LogP contribution in [0.1, 0.15) is 98.5 Å². The van der Waals surface area contributed by atoms with E-state index in [1.54, 1.807) is 12.8 Å². The summed E-state index contributed by atoms with van der Waals surface area (Å²) < 4.78 is 46.9. The Morgan fingerprint density at radius 1 is 1.08 bits per heavy atom. The van der Waals surface area contributed by atoms with E-state index in [4.69, 9.17) is 14.2 Å². The normalized spacial score (nSPS) is 44.8. The van der Waals surface area contributed by atoms with Crippen LogP contribution in [0.15, 0.2) is 18.2 Å². The van der Waals surface area contributed by atoms with E-state index in [2.05, 4.69) is 39.9 Å². The molecular formula is C40H55F2N2O5. The van der Waals surface area contributed by atoms with E-state index in [9.17, 15) is 18.7 Å². The second-order valence-electron chi connectivity index (χ2n) is 17.8. The molecule has 9 heteroatoms. The number of nitrogens with zero attached hydrogens (tertiary/aromatic N) is 1. The van der Waals surface area contributed by atoms with Crippen LogP contribution in [-0.4, -0.2) is 60.7 Å². The number of rotatable bonds is 6. The topological polar surface area (TPSA) is 80.3 Å². The molecule has 7 aliphatic rings. The standard InChI is InChI=1S/C40H55F2N2O5/c1-23-15-28(20-43-19-25-16-26(41)18-27(42)17-25)48-34-33(23)37(5)11-12-40-22-39(40)10-9-31(49-32-21-44(24(2)45)13-14-47-32)36(3,4)29(39)7-8-30(40)38(37,6)35(34)46/h16-18,23,29,31-33,35,43,46H,7-15,19-22H2,1-6H3/t23-,29+,31?,32+,33+,35+,37-,38-,39-,40+/m1/s1. The van der Waals surface area contributed by atoms with Crippen molar-refractivity contribution in [2.24, 2.45) is 44.8 Å². The number of nitrogens with one attached hydrogen (secondary N) is 1. The Kier molecular flexibility index (Phi) is 8.21. The maximum Gasteiger partial charge on any atom is 0.219 e. The van der Waals surface area contributed by atoms with Gasteiger partial charge in [0.15, 0.2) is 6.29 Å². The molecule has 2 aliphatic heterocycles. The molecule has 5 saturated carbocycles. The van der Waals surface area contributed by atoms with Crippen LogP contribution < -0.4 is 5.32 Å². The highest BCUT2D eigenvalue weighted by Crippen LogP contribution is 2.90. The number of halogens is 2. The van der Waals surface area contributed by atoms with Crippen LogP contribution in [0.25, 0.3) is 0 Å². The number of aliphatic hydroxyl groups excluding tert-OH is 1. The summed E-state index contributed by atoms with van der Waals surface area (Å²) in [6, 6.07) is 3.59. The molecule has 2 N–H and O–H groups in total. The van der Waals surface area contributed by atoms with Gasteiger partial charge in [-0.1, -0.05) is 34.6 Å². The maximum atomic E-state index is 13.7. The lowest BCUT2D eigenvalue weighted by molar-refractivity contribution is -0.242. The molecule has 2 spiro atoms. The molecule has 7 nitrogen and oxygen atoms in total. The average Bonchev–Trinajstić information content (AvgIpc) is 3.67. The first-order valence-corrected chi connectivity index (χ1v) is 18.8. The van der Waals surface area contributed by atoms with Gasteiger partial charge < -0.3 is 29.5 Å². The lowest BCUT2D eigenvalue weighted by Crippen LogP contribution is -2.59. The number of amides is 1. The van der Waals surface area contributed by atoms with Gasteiger partial charge in [-0.2, -0.15) is 0 Å². The maximum absolute atomic E-state index is 13.7. The van der Waals surface area contributed by atoms with Gasteiger partial charge in [0.1, 0.15) is 23.8 Å². The van der Waals surface area contributed by atoms with Gasteiger partial charge in [0, 0.05) is 44.0 Å². The molecule has 2 heterocycles. The van der Waals surface area contributed by atoms with Gasteiger partial charge in [-0.3, -0.25) is 4.79 Å². The summed E-state index contributed by atoms with van der Waals surface area (Å²) in [4.78, 5) is 13.9. The van der Waals surface area contributed by atoms with E-state index in [0.29, 0.717) is 50.2 Å². The van der Waals surface area contributed by atoms with Gasteiger partial charge in [-0.05, 0) is 108 Å². The molecule has 0 bridgehead atoms. The lowest BCUT2D eigenvalue weighted by atomic mass is 9.41. The number of hydrogen-bond acceptors (Lipinski definition) is 6. The van der Waals surface area contributed by atoms with Crippen LogP contribution in [0.5, 0.6) is 0 Å². The van der Waals surface area contributed by atoms with E-state index >= 15 is 0 Å². The van der Waals surface area contributed by atoms with E-state index < -0.39 is 17.7 Å². The van der Waals surface area contributed by atoms with Crippen molar-refractivity contribution in [3.05, 3.63) is 53.5 Å². The Bertz CT molecular complexity index is 1460. The summed E-state index contributed by atoms with van der Waals surface area (Å²) in [7, 11) is 0. The fraction of sp³-hybridized carbons (Fsp3) is 0.750. The molecule has 1 amide bonds. The highest BCUT2D eigenvalue weighted by molar-refractivity contribution is 5.73. The van der Waals surface area contributed by atoms with Crippen LogP contribution in [0.3, 0.4) is 0 Å². The monoisotopic (exact) mass is 681 g/mol. The third kappa shape index (κ3) is 4.90. The van der Waals surface area contributed by atoms with Gasteiger partial charge in [0.25, 0.3) is 0 Å². The van der Waals surface area contributed by atoms with Crippen molar-refractivity contribution in [1.29, 1.82) is 0 Å². The highest BCUT2D eigenvalue weighted by atomic mass is 19.1. The molecule has 49 heavy (non-hydrogen) atoms. The summed E-state index contributed by atoms with van der Waals surface area (Å²) in [6.45, 7) is 16.0. The summed E-state index contributed by atoms with van der Waals surface area (Å²) in [6.07, 6.45) is 9.29. The van der Waals surface area contributed by atoms with Crippen LogP contribution in [0.2, 0.25) is 0 Å². The molecule has 1 unspecified atom stereocenters. The van der Waals surface area contributed by atoms with Crippen molar-refractivity contribution < 1.29 is 32.9 Å². The number of fused-ring (bicyclic) bond motifs is 4. The molecular weight excluding hydrogens is 626 g/mol. The zero-order chi connectivity index (χ0) is 34.7. The van der Waals surface area contributed by atoms with Gasteiger partial charge in [-0.25, -0.2) is 8.78 Å². The van der Waals surface area contributed by atoms with E-state index in [0.717, 1.165) is 56.8 Å². The highest BCUT2D eigenvalue weighted by Gasteiger charge is 2.85. The van der Waals surface area contributed by atoms with Crippen molar-refractivity contribution in [3.8, 4) is 0 Å². The second-order valence-corrected chi connectivity index (χ2v) is 17.8. The van der Waals surface area contributed by atoms with E-state index in [1.165, 1.54) is 25.0 Å². The molecule has 7 fully saturated rings. The van der Waals surface area contributed by atoms with Crippen molar-refractivity contribution in [2.45, 2.75) is 118 Å². The van der Waals surface area contributed by atoms with Gasteiger partial charge >= 0.3 is 0 Å². The number of hydrogen-bond donors (Lipinski definition) is 2. The fourth-order valence-corrected chi connectivity index (χ4v) is 13.1. The molecule has 1 aromatic carbocycles. The third-order valence-electron chi connectivity index (χ3n) is 15.4. The summed E-state index contributed by atoms with van der Waals surface area (Å²) >= 11 is 0. The van der Waals surface area contributed by atoms with Crippen molar-refractivity contribution >= 4 is 5.91 Å². The predicted octanol–water partition coefficient (Wildman–Crippen LogP) is 6.74. The Morgan fingerprint density at radius 3 is 2.57 bits per heavy atom. The Hall–Kier alpha value is -1.65. The molecule has 3 radical (unpaired) electrons. The van der Waals surface area contributed by atoms with Crippen molar-refractivity contribution in [1.82, 2.24) is 10.2 Å².